The minimum Gasteiger partial charge on any atom is -0.465 e. The summed E-state index contributed by atoms with van der Waals surface area (Å²) in [4.78, 5) is 11.5. The van der Waals surface area contributed by atoms with Gasteiger partial charge in [-0.25, -0.2) is 4.79 Å². The fraction of sp³-hybridized carbons (Fsp3) is 0.417. The Morgan fingerprint density at radius 1 is 1.36 bits per heavy atom. The van der Waals surface area contributed by atoms with E-state index in [-0.39, 0.29) is 5.97 Å². The van der Waals surface area contributed by atoms with Crippen LogP contribution < -0.4 is 0 Å². The van der Waals surface area contributed by atoms with Gasteiger partial charge in [-0.1, -0.05) is 32.0 Å². The van der Waals surface area contributed by atoms with Crippen molar-refractivity contribution in [1.82, 2.24) is 0 Å². The summed E-state index contributed by atoms with van der Waals surface area (Å²) in [6.07, 6.45) is 0. The van der Waals surface area contributed by atoms with Crippen LogP contribution in [0.2, 0.25) is 0 Å². The molecule has 0 unspecified atom stereocenters. The average Bonchev–Trinajstić information content (AvgIpc) is 2.16. The summed E-state index contributed by atoms with van der Waals surface area (Å²) in [6, 6.07) is 5.87. The Bertz CT molecular complexity index is 340. The van der Waals surface area contributed by atoms with E-state index in [4.69, 9.17) is 4.74 Å². The topological polar surface area (TPSA) is 26.3 Å². The predicted molar refractivity (Wildman–Crippen MR) is 56.6 cm³/mol. The molecular formula is C12H16O2. The average molecular weight is 192 g/mol. The summed E-state index contributed by atoms with van der Waals surface area (Å²) in [5.74, 6) is 0.0933. The zero-order valence-corrected chi connectivity index (χ0v) is 9.13. The van der Waals surface area contributed by atoms with E-state index >= 15 is 0 Å². The number of hydrogen-bond acceptors (Lipinski definition) is 2. The molecule has 0 fully saturated rings. The zero-order chi connectivity index (χ0) is 10.7. The van der Waals surface area contributed by atoms with Crippen molar-refractivity contribution in [2.45, 2.75) is 26.7 Å². The van der Waals surface area contributed by atoms with E-state index in [1.54, 1.807) is 0 Å². The van der Waals surface area contributed by atoms with Crippen LogP contribution in [0.5, 0.6) is 0 Å². The summed E-state index contributed by atoms with van der Waals surface area (Å²) < 4.78 is 4.77. The summed E-state index contributed by atoms with van der Waals surface area (Å²) in [6.45, 7) is 6.07. The van der Waals surface area contributed by atoms with Gasteiger partial charge in [0.15, 0.2) is 0 Å². The normalized spacial score (nSPS) is 10.4. The first-order valence-corrected chi connectivity index (χ1v) is 4.75. The quantitative estimate of drug-likeness (QED) is 0.673. The third-order valence-electron chi connectivity index (χ3n) is 2.32. The third kappa shape index (κ3) is 1.95. The summed E-state index contributed by atoms with van der Waals surface area (Å²) >= 11 is 0. The molecule has 76 valence electrons. The van der Waals surface area contributed by atoms with Crippen LogP contribution in [0.1, 0.15) is 41.3 Å². The van der Waals surface area contributed by atoms with Crippen molar-refractivity contribution >= 4 is 5.97 Å². The lowest BCUT2D eigenvalue weighted by atomic mass is 9.94. The second-order valence-electron chi connectivity index (χ2n) is 3.69. The standard InChI is InChI=1S/C12H16O2/c1-8(2)10-7-5-6-9(3)11(10)12(13)14-4/h5-8H,1-4H3. The lowest BCUT2D eigenvalue weighted by molar-refractivity contribution is 0.0598. The molecule has 0 heterocycles. The number of ether oxygens (including phenoxy) is 1. The molecule has 0 aliphatic heterocycles. The minimum absolute atomic E-state index is 0.244. The molecule has 1 aromatic carbocycles. The van der Waals surface area contributed by atoms with Gasteiger partial charge in [-0.15, -0.1) is 0 Å². The van der Waals surface area contributed by atoms with Crippen molar-refractivity contribution < 1.29 is 9.53 Å². The van der Waals surface area contributed by atoms with E-state index in [9.17, 15) is 4.79 Å². The van der Waals surface area contributed by atoms with Gasteiger partial charge in [-0.3, -0.25) is 0 Å². The Kier molecular flexibility index (Phi) is 3.28. The molecule has 0 bridgehead atoms. The zero-order valence-electron chi connectivity index (χ0n) is 9.13. The molecular weight excluding hydrogens is 176 g/mol. The van der Waals surface area contributed by atoms with Crippen LogP contribution in [-0.2, 0) is 4.74 Å². The first kappa shape index (κ1) is 10.8. The Morgan fingerprint density at radius 3 is 2.50 bits per heavy atom. The number of rotatable bonds is 2. The Balaban J connectivity index is 3.29. The molecule has 0 amide bonds. The maximum absolute atomic E-state index is 11.5. The van der Waals surface area contributed by atoms with Gasteiger partial charge < -0.3 is 4.74 Å². The maximum atomic E-state index is 11.5. The van der Waals surface area contributed by atoms with Gasteiger partial charge in [0.25, 0.3) is 0 Å². The van der Waals surface area contributed by atoms with Crippen molar-refractivity contribution in [3.63, 3.8) is 0 Å². The molecule has 2 heteroatoms. The molecule has 0 aromatic heterocycles. The first-order chi connectivity index (χ1) is 6.57. The van der Waals surface area contributed by atoms with Crippen LogP contribution in [0.3, 0.4) is 0 Å². The Hall–Kier alpha value is -1.31. The van der Waals surface area contributed by atoms with E-state index < -0.39 is 0 Å². The highest BCUT2D eigenvalue weighted by Gasteiger charge is 2.15. The first-order valence-electron chi connectivity index (χ1n) is 4.75. The second-order valence-corrected chi connectivity index (χ2v) is 3.69. The SMILES string of the molecule is COC(=O)c1c(C)cccc1C(C)C. The molecule has 0 saturated carbocycles. The minimum atomic E-state index is -0.244. The molecule has 0 radical (unpaired) electrons. The number of carbonyl (C=O) groups excluding carboxylic acids is 1. The number of esters is 1. The largest absolute Gasteiger partial charge is 0.465 e. The Morgan fingerprint density at radius 2 is 2.00 bits per heavy atom. The lowest BCUT2D eigenvalue weighted by Gasteiger charge is -2.13. The number of carbonyl (C=O) groups is 1. The van der Waals surface area contributed by atoms with Crippen molar-refractivity contribution in [2.24, 2.45) is 0 Å². The van der Waals surface area contributed by atoms with Gasteiger partial charge in [0.05, 0.1) is 12.7 Å². The molecule has 2 nitrogen and oxygen atoms in total. The van der Waals surface area contributed by atoms with Crippen LogP contribution in [0.4, 0.5) is 0 Å². The summed E-state index contributed by atoms with van der Waals surface area (Å²) in [5, 5.41) is 0. The van der Waals surface area contributed by atoms with Gasteiger partial charge in [-0.2, -0.15) is 0 Å². The van der Waals surface area contributed by atoms with E-state index in [1.165, 1.54) is 7.11 Å². The van der Waals surface area contributed by atoms with E-state index in [1.807, 2.05) is 25.1 Å². The lowest BCUT2D eigenvalue weighted by Crippen LogP contribution is -2.09. The van der Waals surface area contributed by atoms with Crippen LogP contribution in [0.25, 0.3) is 0 Å². The fourth-order valence-electron chi connectivity index (χ4n) is 1.55. The fourth-order valence-corrected chi connectivity index (χ4v) is 1.55. The van der Waals surface area contributed by atoms with Gasteiger partial charge in [0.1, 0.15) is 0 Å². The van der Waals surface area contributed by atoms with Gasteiger partial charge in [-0.05, 0) is 24.0 Å². The van der Waals surface area contributed by atoms with Crippen LogP contribution in [0.15, 0.2) is 18.2 Å². The molecule has 1 rings (SSSR count). The molecule has 0 aliphatic rings. The van der Waals surface area contributed by atoms with Crippen LogP contribution in [0, 0.1) is 6.92 Å². The molecule has 1 aromatic rings. The summed E-state index contributed by atoms with van der Waals surface area (Å²) in [7, 11) is 1.42. The van der Waals surface area contributed by atoms with Gasteiger partial charge in [0, 0.05) is 0 Å². The number of aryl methyl sites for hydroxylation is 1. The monoisotopic (exact) mass is 192 g/mol. The highest BCUT2D eigenvalue weighted by atomic mass is 16.5. The highest BCUT2D eigenvalue weighted by molar-refractivity contribution is 5.92. The number of benzene rings is 1. The van der Waals surface area contributed by atoms with Crippen LogP contribution in [-0.4, -0.2) is 13.1 Å². The predicted octanol–water partition coefficient (Wildman–Crippen LogP) is 2.91. The molecule has 0 aliphatic carbocycles. The summed E-state index contributed by atoms with van der Waals surface area (Å²) in [5.41, 5.74) is 2.74. The van der Waals surface area contributed by atoms with Gasteiger partial charge >= 0.3 is 5.97 Å². The van der Waals surface area contributed by atoms with Crippen molar-refractivity contribution in [3.8, 4) is 0 Å². The molecule has 14 heavy (non-hydrogen) atoms. The molecule has 0 spiro atoms. The second kappa shape index (κ2) is 4.27. The van der Waals surface area contributed by atoms with E-state index in [0.29, 0.717) is 11.5 Å². The van der Waals surface area contributed by atoms with Crippen molar-refractivity contribution in [1.29, 1.82) is 0 Å². The molecule has 0 N–H and O–H groups in total. The highest BCUT2D eigenvalue weighted by Crippen LogP contribution is 2.22. The third-order valence-corrected chi connectivity index (χ3v) is 2.32. The number of methoxy groups -OCH3 is 1. The number of hydrogen-bond donors (Lipinski definition) is 0. The smallest absolute Gasteiger partial charge is 0.338 e. The molecule has 0 saturated heterocycles. The maximum Gasteiger partial charge on any atom is 0.338 e. The van der Waals surface area contributed by atoms with E-state index in [2.05, 4.69) is 13.8 Å². The Labute approximate surface area is 84.9 Å². The van der Waals surface area contributed by atoms with Crippen molar-refractivity contribution in [2.75, 3.05) is 7.11 Å². The molecule has 0 atom stereocenters. The van der Waals surface area contributed by atoms with E-state index in [0.717, 1.165) is 11.1 Å². The van der Waals surface area contributed by atoms with Crippen LogP contribution >= 0.6 is 0 Å². The van der Waals surface area contributed by atoms with Gasteiger partial charge in [0.2, 0.25) is 0 Å². The van der Waals surface area contributed by atoms with Crippen molar-refractivity contribution in [3.05, 3.63) is 34.9 Å².